The Kier molecular flexibility index (Phi) is 3.30. The van der Waals surface area contributed by atoms with Crippen LogP contribution in [-0.2, 0) is 4.74 Å². The molecule has 0 amide bonds. The highest BCUT2D eigenvalue weighted by Crippen LogP contribution is 2.27. The van der Waals surface area contributed by atoms with E-state index in [1.165, 1.54) is 7.11 Å². The largest absolute Gasteiger partial charge is 0.465 e. The molecule has 0 aliphatic rings. The number of ether oxygens (including phenoxy) is 1. The molecule has 2 aromatic rings. The molecule has 0 fully saturated rings. The number of nitrogens with one attached hydrogen (secondary N) is 1. The van der Waals surface area contributed by atoms with Gasteiger partial charge >= 0.3 is 5.97 Å². The third kappa shape index (κ3) is 2.39. The molecule has 3 N–H and O–H groups in total. The molecule has 2 rings (SSSR count). The average Bonchev–Trinajstić information content (AvgIpc) is 2.84. The highest BCUT2D eigenvalue weighted by molar-refractivity contribution is 7.08. The number of thiophene rings is 1. The van der Waals surface area contributed by atoms with Gasteiger partial charge in [-0.15, -0.1) is 0 Å². The van der Waals surface area contributed by atoms with Gasteiger partial charge in [-0.1, -0.05) is 6.07 Å². The summed E-state index contributed by atoms with van der Waals surface area (Å²) >= 11 is 1.58. The van der Waals surface area contributed by atoms with Crippen molar-refractivity contribution in [1.82, 2.24) is 0 Å². The molecule has 0 atom stereocenters. The number of hydrogen-bond acceptors (Lipinski definition) is 5. The lowest BCUT2D eigenvalue weighted by molar-refractivity contribution is 0.0602. The number of para-hydroxylation sites is 1. The highest BCUT2D eigenvalue weighted by atomic mass is 32.1. The first kappa shape index (κ1) is 11.5. The first-order valence-corrected chi connectivity index (χ1v) is 5.92. The number of methoxy groups -OCH3 is 1. The summed E-state index contributed by atoms with van der Waals surface area (Å²) in [6, 6.07) is 7.16. The lowest BCUT2D eigenvalue weighted by Crippen LogP contribution is -2.07. The second-order valence-corrected chi connectivity index (χ2v) is 4.18. The van der Waals surface area contributed by atoms with Crippen molar-refractivity contribution in [2.75, 3.05) is 18.2 Å². The van der Waals surface area contributed by atoms with E-state index in [0.717, 1.165) is 5.69 Å². The zero-order chi connectivity index (χ0) is 12.3. The molecule has 0 saturated carbocycles. The van der Waals surface area contributed by atoms with Crippen molar-refractivity contribution in [2.24, 2.45) is 0 Å². The number of nitrogen functional groups attached to an aromatic ring is 1. The standard InChI is InChI=1S/C12H12N2O2S/c1-16-12(15)9-3-2-4-10(11(9)13)14-8-5-6-17-7-8/h2-7,14H,13H2,1H3. The monoisotopic (exact) mass is 248 g/mol. The van der Waals surface area contributed by atoms with Gasteiger partial charge in [-0.2, -0.15) is 11.3 Å². The number of carbonyl (C=O) groups excluding carboxylic acids is 1. The number of carbonyl (C=O) groups is 1. The van der Waals surface area contributed by atoms with Gasteiger partial charge in [0, 0.05) is 11.1 Å². The Morgan fingerprint density at radius 1 is 1.41 bits per heavy atom. The Bertz CT molecular complexity index is 523. The van der Waals surface area contributed by atoms with Crippen LogP contribution in [0.4, 0.5) is 17.1 Å². The van der Waals surface area contributed by atoms with E-state index < -0.39 is 5.97 Å². The number of nitrogens with two attached hydrogens (primary N) is 1. The zero-order valence-corrected chi connectivity index (χ0v) is 10.1. The van der Waals surface area contributed by atoms with Crippen LogP contribution in [0.3, 0.4) is 0 Å². The highest BCUT2D eigenvalue weighted by Gasteiger charge is 2.12. The van der Waals surface area contributed by atoms with Gasteiger partial charge in [-0.3, -0.25) is 0 Å². The number of rotatable bonds is 3. The van der Waals surface area contributed by atoms with Gasteiger partial charge in [-0.05, 0) is 23.6 Å². The first-order chi connectivity index (χ1) is 8.22. The molecule has 0 saturated heterocycles. The fourth-order valence-electron chi connectivity index (χ4n) is 1.45. The number of esters is 1. The maximum atomic E-state index is 11.5. The topological polar surface area (TPSA) is 64.3 Å². The number of anilines is 3. The zero-order valence-electron chi connectivity index (χ0n) is 9.27. The van der Waals surface area contributed by atoms with E-state index in [9.17, 15) is 4.79 Å². The molecule has 4 nitrogen and oxygen atoms in total. The fourth-order valence-corrected chi connectivity index (χ4v) is 2.04. The molecule has 5 heteroatoms. The Morgan fingerprint density at radius 3 is 2.88 bits per heavy atom. The smallest absolute Gasteiger partial charge is 0.340 e. The Hall–Kier alpha value is -2.01. The molecule has 0 aliphatic heterocycles. The predicted octanol–water partition coefficient (Wildman–Crippen LogP) is 2.86. The summed E-state index contributed by atoms with van der Waals surface area (Å²) in [7, 11) is 1.33. The SMILES string of the molecule is COC(=O)c1cccc(Nc2ccsc2)c1N. The van der Waals surface area contributed by atoms with Gasteiger partial charge in [0.15, 0.2) is 0 Å². The third-order valence-corrected chi connectivity index (χ3v) is 2.99. The van der Waals surface area contributed by atoms with Crippen LogP contribution in [0.15, 0.2) is 35.0 Å². The summed E-state index contributed by atoms with van der Waals surface area (Å²) < 4.78 is 4.66. The third-order valence-electron chi connectivity index (χ3n) is 2.31. The maximum Gasteiger partial charge on any atom is 0.340 e. The van der Waals surface area contributed by atoms with Crippen LogP contribution >= 0.6 is 11.3 Å². The van der Waals surface area contributed by atoms with E-state index in [1.54, 1.807) is 23.5 Å². The Balaban J connectivity index is 2.32. The molecule has 17 heavy (non-hydrogen) atoms. The van der Waals surface area contributed by atoms with Gasteiger partial charge in [0.25, 0.3) is 0 Å². The summed E-state index contributed by atoms with van der Waals surface area (Å²) in [5, 5.41) is 7.07. The summed E-state index contributed by atoms with van der Waals surface area (Å²) in [5.41, 5.74) is 8.33. The van der Waals surface area contributed by atoms with Crippen LogP contribution in [0.5, 0.6) is 0 Å². The van der Waals surface area contributed by atoms with Crippen molar-refractivity contribution in [1.29, 1.82) is 0 Å². The second kappa shape index (κ2) is 4.88. The van der Waals surface area contributed by atoms with Crippen LogP contribution < -0.4 is 11.1 Å². The minimum atomic E-state index is -0.434. The summed E-state index contributed by atoms with van der Waals surface area (Å²) in [6.45, 7) is 0. The molecule has 88 valence electrons. The van der Waals surface area contributed by atoms with Gasteiger partial charge in [0.2, 0.25) is 0 Å². The molecule has 1 aromatic carbocycles. The maximum absolute atomic E-state index is 11.5. The average molecular weight is 248 g/mol. The van der Waals surface area contributed by atoms with E-state index >= 15 is 0 Å². The summed E-state index contributed by atoms with van der Waals surface area (Å²) in [5.74, 6) is -0.434. The Morgan fingerprint density at radius 2 is 2.24 bits per heavy atom. The first-order valence-electron chi connectivity index (χ1n) is 4.98. The second-order valence-electron chi connectivity index (χ2n) is 3.40. The van der Waals surface area contributed by atoms with Crippen LogP contribution in [0.25, 0.3) is 0 Å². The minimum Gasteiger partial charge on any atom is -0.465 e. The van der Waals surface area contributed by atoms with Crippen molar-refractivity contribution >= 4 is 34.4 Å². The van der Waals surface area contributed by atoms with E-state index in [0.29, 0.717) is 16.9 Å². The van der Waals surface area contributed by atoms with Gasteiger partial charge in [0.1, 0.15) is 0 Å². The number of benzene rings is 1. The minimum absolute atomic E-state index is 0.368. The Labute approximate surface area is 103 Å². The molecular weight excluding hydrogens is 236 g/mol. The van der Waals surface area contributed by atoms with Crippen LogP contribution in [0.2, 0.25) is 0 Å². The van der Waals surface area contributed by atoms with Crippen molar-refractivity contribution in [3.8, 4) is 0 Å². The van der Waals surface area contributed by atoms with E-state index in [-0.39, 0.29) is 0 Å². The lowest BCUT2D eigenvalue weighted by Gasteiger charge is -2.10. The molecule has 1 aromatic heterocycles. The molecule has 0 spiro atoms. The van der Waals surface area contributed by atoms with Crippen LogP contribution in [0, 0.1) is 0 Å². The van der Waals surface area contributed by atoms with E-state index in [4.69, 9.17) is 5.73 Å². The van der Waals surface area contributed by atoms with Crippen molar-refractivity contribution < 1.29 is 9.53 Å². The normalized spacial score (nSPS) is 9.94. The molecule has 0 radical (unpaired) electrons. The quantitative estimate of drug-likeness (QED) is 0.647. The van der Waals surface area contributed by atoms with E-state index in [1.807, 2.05) is 22.9 Å². The number of hydrogen-bond donors (Lipinski definition) is 2. The lowest BCUT2D eigenvalue weighted by atomic mass is 10.1. The van der Waals surface area contributed by atoms with Crippen molar-refractivity contribution in [3.05, 3.63) is 40.6 Å². The van der Waals surface area contributed by atoms with Crippen molar-refractivity contribution in [2.45, 2.75) is 0 Å². The molecule has 0 aliphatic carbocycles. The molecule has 1 heterocycles. The van der Waals surface area contributed by atoms with Crippen LogP contribution in [-0.4, -0.2) is 13.1 Å². The molecule has 0 bridgehead atoms. The summed E-state index contributed by atoms with van der Waals surface area (Å²) in [4.78, 5) is 11.5. The molecular formula is C12H12N2O2S. The van der Waals surface area contributed by atoms with Crippen LogP contribution in [0.1, 0.15) is 10.4 Å². The van der Waals surface area contributed by atoms with Gasteiger partial charge in [-0.25, -0.2) is 4.79 Å². The van der Waals surface area contributed by atoms with Gasteiger partial charge < -0.3 is 15.8 Å². The fraction of sp³-hybridized carbons (Fsp3) is 0.0833. The predicted molar refractivity (Wildman–Crippen MR) is 69.8 cm³/mol. The molecule has 0 unspecified atom stereocenters. The van der Waals surface area contributed by atoms with E-state index in [2.05, 4.69) is 10.1 Å². The summed E-state index contributed by atoms with van der Waals surface area (Å²) in [6.07, 6.45) is 0. The van der Waals surface area contributed by atoms with Gasteiger partial charge in [0.05, 0.1) is 24.0 Å². The van der Waals surface area contributed by atoms with Crippen molar-refractivity contribution in [3.63, 3.8) is 0 Å².